The molecule has 0 aliphatic rings. The van der Waals surface area contributed by atoms with Gasteiger partial charge in [-0.05, 0) is 62.7 Å². The van der Waals surface area contributed by atoms with Crippen molar-refractivity contribution in [2.45, 2.75) is 26.9 Å². The van der Waals surface area contributed by atoms with Gasteiger partial charge in [-0.2, -0.15) is 5.10 Å². The molecule has 174 valence electrons. The molecule has 1 amide bonds. The molecular weight excluding hydrogens is 444 g/mol. The van der Waals surface area contributed by atoms with Crippen molar-refractivity contribution in [3.8, 4) is 11.3 Å². The lowest BCUT2D eigenvalue weighted by Crippen LogP contribution is -2.10. The third-order valence-corrected chi connectivity index (χ3v) is 6.84. The lowest BCUT2D eigenvalue weighted by molar-refractivity contribution is -0.111. The number of carbonyl (C=O) groups excluding carboxylic acids is 1. The largest absolute Gasteiger partial charge is 0.335 e. The summed E-state index contributed by atoms with van der Waals surface area (Å²) in [5.74, 6) is -0.699. The van der Waals surface area contributed by atoms with Crippen LogP contribution < -0.4 is 5.32 Å². The Morgan fingerprint density at radius 2 is 1.79 bits per heavy atom. The van der Waals surface area contributed by atoms with Gasteiger partial charge in [0.05, 0.1) is 25.1 Å². The second-order valence-corrected chi connectivity index (χ2v) is 9.26. The average Bonchev–Trinajstić information content (AvgIpc) is 3.15. The van der Waals surface area contributed by atoms with E-state index < -0.39 is 7.60 Å². The number of halogens is 1. The number of carbonyl (C=O) groups is 1. The molecule has 3 rings (SSSR count). The summed E-state index contributed by atoms with van der Waals surface area (Å²) in [4.78, 5) is 12.7. The molecule has 0 spiro atoms. The Morgan fingerprint density at radius 3 is 2.45 bits per heavy atom. The van der Waals surface area contributed by atoms with Crippen molar-refractivity contribution in [2.75, 3.05) is 18.5 Å². The van der Waals surface area contributed by atoms with Gasteiger partial charge < -0.3 is 14.4 Å². The molecule has 1 aromatic heterocycles. The number of para-hydroxylation sites is 1. The minimum Gasteiger partial charge on any atom is -0.322 e. The maximum Gasteiger partial charge on any atom is 0.335 e. The molecule has 0 fully saturated rings. The predicted molar refractivity (Wildman–Crippen MR) is 127 cm³/mol. The Bertz CT molecular complexity index is 1160. The highest BCUT2D eigenvalue weighted by molar-refractivity contribution is 7.53. The minimum absolute atomic E-state index is 0.0460. The van der Waals surface area contributed by atoms with Crippen LogP contribution in [0.1, 0.15) is 30.7 Å². The van der Waals surface area contributed by atoms with Crippen LogP contribution in [0, 0.1) is 12.7 Å². The van der Waals surface area contributed by atoms with E-state index in [2.05, 4.69) is 15.5 Å². The molecule has 9 heteroatoms. The van der Waals surface area contributed by atoms with Crippen molar-refractivity contribution >= 4 is 25.3 Å². The molecule has 1 heterocycles. The van der Waals surface area contributed by atoms with Crippen molar-refractivity contribution in [3.63, 3.8) is 0 Å². The molecule has 0 saturated carbocycles. The summed E-state index contributed by atoms with van der Waals surface area (Å²) < 4.78 is 36.9. The fourth-order valence-electron chi connectivity index (χ4n) is 3.31. The first-order valence-electron chi connectivity index (χ1n) is 10.6. The topological polar surface area (TPSA) is 93.3 Å². The normalized spacial score (nSPS) is 11.8. The summed E-state index contributed by atoms with van der Waals surface area (Å²) in [6.45, 7) is 5.86. The van der Waals surface area contributed by atoms with E-state index >= 15 is 0 Å². The number of hydrogen-bond donors (Lipinski definition) is 2. The molecule has 2 aromatic carbocycles. The second kappa shape index (κ2) is 11.2. The highest BCUT2D eigenvalue weighted by Gasteiger charge is 2.25. The summed E-state index contributed by atoms with van der Waals surface area (Å²) in [6, 6.07) is 13.1. The van der Waals surface area contributed by atoms with Gasteiger partial charge in [-0.1, -0.05) is 18.2 Å². The van der Waals surface area contributed by atoms with E-state index in [1.807, 2.05) is 6.92 Å². The van der Waals surface area contributed by atoms with Crippen LogP contribution >= 0.6 is 7.60 Å². The van der Waals surface area contributed by atoms with E-state index in [0.29, 0.717) is 16.9 Å². The molecular formula is C24H27FN3O4P. The minimum atomic E-state index is -3.33. The van der Waals surface area contributed by atoms with Gasteiger partial charge in [0.25, 0.3) is 0 Å². The fraction of sp³-hybridized carbons (Fsp3) is 0.250. The molecule has 7 nitrogen and oxygen atoms in total. The Morgan fingerprint density at radius 1 is 1.12 bits per heavy atom. The Kier molecular flexibility index (Phi) is 8.33. The maximum absolute atomic E-state index is 13.3. The van der Waals surface area contributed by atoms with Gasteiger partial charge in [-0.25, -0.2) is 4.39 Å². The number of H-pyrrole nitrogens is 1. The number of nitrogens with one attached hydrogen (secondary N) is 2. The summed E-state index contributed by atoms with van der Waals surface area (Å²) in [5.41, 5.74) is 4.01. The monoisotopic (exact) mass is 471 g/mol. The molecule has 0 radical (unpaired) electrons. The number of benzene rings is 2. The van der Waals surface area contributed by atoms with Gasteiger partial charge >= 0.3 is 7.60 Å². The molecule has 0 bridgehead atoms. The summed E-state index contributed by atoms with van der Waals surface area (Å²) in [5, 5.41) is 10.0. The van der Waals surface area contributed by atoms with Crippen molar-refractivity contribution in [1.29, 1.82) is 0 Å². The van der Waals surface area contributed by atoms with Crippen LogP contribution in [0.15, 0.2) is 54.6 Å². The third-order valence-electron chi connectivity index (χ3n) is 4.80. The number of aryl methyl sites for hydroxylation is 1. The second-order valence-electron chi connectivity index (χ2n) is 7.20. The van der Waals surface area contributed by atoms with Crippen molar-refractivity contribution in [3.05, 3.63) is 77.2 Å². The number of aromatic amines is 1. The van der Waals surface area contributed by atoms with Gasteiger partial charge in [0.2, 0.25) is 5.91 Å². The zero-order valence-corrected chi connectivity index (χ0v) is 19.7. The molecule has 0 aliphatic carbocycles. The fourth-order valence-corrected chi connectivity index (χ4v) is 5.05. The number of hydrogen-bond acceptors (Lipinski definition) is 5. The average molecular weight is 471 g/mol. The third kappa shape index (κ3) is 6.48. The van der Waals surface area contributed by atoms with Crippen molar-refractivity contribution in [1.82, 2.24) is 10.2 Å². The summed E-state index contributed by atoms with van der Waals surface area (Å²) >= 11 is 0. The highest BCUT2D eigenvalue weighted by atomic mass is 31.2. The Labute approximate surface area is 192 Å². The van der Waals surface area contributed by atoms with Crippen LogP contribution in [0.3, 0.4) is 0 Å². The first kappa shape index (κ1) is 24.6. The Hall–Kier alpha value is -3.06. The SMILES string of the molecule is CCOP(=O)(Cc1ccccc1NC(=O)C=Cc1c(-c2ccc(F)cc2)n[nH]c1C)OCC. The number of amides is 1. The van der Waals surface area contributed by atoms with E-state index in [1.54, 1.807) is 56.3 Å². The van der Waals surface area contributed by atoms with Gasteiger partial charge in [0.1, 0.15) is 5.82 Å². The van der Waals surface area contributed by atoms with Gasteiger partial charge in [0, 0.05) is 28.6 Å². The van der Waals surface area contributed by atoms with Crippen LogP contribution in [0.25, 0.3) is 17.3 Å². The quantitative estimate of drug-likeness (QED) is 0.282. The summed E-state index contributed by atoms with van der Waals surface area (Å²) in [7, 11) is -3.33. The number of rotatable bonds is 10. The van der Waals surface area contributed by atoms with Gasteiger partial charge in [-0.3, -0.25) is 14.5 Å². The Balaban J connectivity index is 1.78. The summed E-state index contributed by atoms with van der Waals surface area (Å²) in [6.07, 6.45) is 3.09. The van der Waals surface area contributed by atoms with Crippen molar-refractivity contribution in [2.24, 2.45) is 0 Å². The van der Waals surface area contributed by atoms with Gasteiger partial charge in [-0.15, -0.1) is 0 Å². The van der Waals surface area contributed by atoms with Crippen LogP contribution in [0.2, 0.25) is 0 Å². The maximum atomic E-state index is 13.3. The van der Waals surface area contributed by atoms with E-state index in [4.69, 9.17) is 9.05 Å². The molecule has 0 atom stereocenters. The smallest absolute Gasteiger partial charge is 0.322 e. The predicted octanol–water partition coefficient (Wildman–Crippen LogP) is 5.94. The molecule has 2 N–H and O–H groups in total. The van der Waals surface area contributed by atoms with E-state index in [0.717, 1.165) is 16.8 Å². The standard InChI is InChI=1S/C24H27FN3O4P/c1-4-31-33(30,32-5-2)16-19-8-6-7-9-22(19)26-23(29)15-14-21-17(3)27-28-24(21)18-10-12-20(25)13-11-18/h6-15H,4-5,16H2,1-3H3,(H,26,29)(H,27,28). The van der Waals surface area contributed by atoms with E-state index in [-0.39, 0.29) is 31.1 Å². The molecule has 3 aromatic rings. The van der Waals surface area contributed by atoms with Crippen LogP contribution in [0.4, 0.5) is 10.1 Å². The molecule has 0 aliphatic heterocycles. The zero-order valence-electron chi connectivity index (χ0n) is 18.8. The number of nitrogens with zero attached hydrogens (tertiary/aromatic N) is 1. The molecule has 0 saturated heterocycles. The van der Waals surface area contributed by atoms with E-state index in [1.165, 1.54) is 18.2 Å². The van der Waals surface area contributed by atoms with Gasteiger partial charge in [0.15, 0.2) is 0 Å². The number of anilines is 1. The number of aromatic nitrogens is 2. The first-order valence-corrected chi connectivity index (χ1v) is 12.3. The van der Waals surface area contributed by atoms with Crippen LogP contribution in [0.5, 0.6) is 0 Å². The lowest BCUT2D eigenvalue weighted by Gasteiger charge is -2.18. The first-order chi connectivity index (χ1) is 15.8. The van der Waals surface area contributed by atoms with Crippen LogP contribution in [-0.4, -0.2) is 29.3 Å². The highest BCUT2D eigenvalue weighted by Crippen LogP contribution is 2.52. The van der Waals surface area contributed by atoms with Crippen LogP contribution in [-0.2, 0) is 24.6 Å². The molecule has 33 heavy (non-hydrogen) atoms. The van der Waals surface area contributed by atoms with E-state index in [9.17, 15) is 13.8 Å². The lowest BCUT2D eigenvalue weighted by atomic mass is 10.1. The van der Waals surface area contributed by atoms with Crippen molar-refractivity contribution < 1.29 is 22.8 Å². The zero-order chi connectivity index (χ0) is 23.8. The molecule has 0 unspecified atom stereocenters.